The summed E-state index contributed by atoms with van der Waals surface area (Å²) >= 11 is 0.531. The highest BCUT2D eigenvalue weighted by atomic mass is 32.1. The van der Waals surface area contributed by atoms with Crippen molar-refractivity contribution in [3.63, 3.8) is 0 Å². The molecular weight excluding hydrogens is 367 g/mol. The first-order valence-electron chi connectivity index (χ1n) is 7.38. The summed E-state index contributed by atoms with van der Waals surface area (Å²) in [6.07, 6.45) is -3.14. The molecule has 134 valence electrons. The van der Waals surface area contributed by atoms with Gasteiger partial charge in [0.2, 0.25) is 5.56 Å². The zero-order valence-corrected chi connectivity index (χ0v) is 14.2. The van der Waals surface area contributed by atoms with Crippen molar-refractivity contribution in [2.24, 2.45) is 0 Å². The Bertz CT molecular complexity index is 1010. The first-order chi connectivity index (χ1) is 12.2. The van der Waals surface area contributed by atoms with E-state index in [0.29, 0.717) is 33.7 Å². The second-order valence-corrected chi connectivity index (χ2v) is 6.32. The number of hydrogen-bond donors (Lipinski definition) is 2. The number of hydrogen-bond acceptors (Lipinski definition) is 4. The van der Waals surface area contributed by atoms with E-state index in [1.165, 1.54) is 17.6 Å². The lowest BCUT2D eigenvalue weighted by atomic mass is 10.1. The normalized spacial score (nSPS) is 11.4. The van der Waals surface area contributed by atoms with Gasteiger partial charge in [-0.05, 0) is 24.6 Å². The topological polar surface area (TPSA) is 74.8 Å². The molecule has 0 atom stereocenters. The summed E-state index contributed by atoms with van der Waals surface area (Å²) in [4.78, 5) is 29.5. The van der Waals surface area contributed by atoms with Gasteiger partial charge >= 0.3 is 6.18 Å². The molecule has 0 fully saturated rings. The third kappa shape index (κ3) is 3.83. The number of halogens is 3. The summed E-state index contributed by atoms with van der Waals surface area (Å²) in [5.74, 6) is -0.403. The monoisotopic (exact) mass is 379 g/mol. The van der Waals surface area contributed by atoms with Gasteiger partial charge in [0.15, 0.2) is 5.01 Å². The first-order valence-corrected chi connectivity index (χ1v) is 8.26. The Morgan fingerprint density at radius 1 is 1.23 bits per heavy atom. The van der Waals surface area contributed by atoms with Crippen molar-refractivity contribution in [2.75, 3.05) is 5.32 Å². The van der Waals surface area contributed by atoms with Crippen molar-refractivity contribution in [2.45, 2.75) is 13.1 Å². The molecule has 0 aliphatic carbocycles. The number of alkyl halides is 3. The summed E-state index contributed by atoms with van der Waals surface area (Å²) < 4.78 is 37.9. The average Bonchev–Trinajstić information content (AvgIpc) is 3.05. The Kier molecular flexibility index (Phi) is 4.64. The van der Waals surface area contributed by atoms with Crippen LogP contribution in [-0.4, -0.2) is 15.9 Å². The molecular formula is C17H12F3N3O2S. The van der Waals surface area contributed by atoms with Crippen molar-refractivity contribution in [3.8, 4) is 11.3 Å². The zero-order chi connectivity index (χ0) is 18.9. The quantitative estimate of drug-likeness (QED) is 0.720. The molecule has 0 aliphatic rings. The third-order valence-electron chi connectivity index (χ3n) is 3.56. The number of thiazole rings is 1. The second kappa shape index (κ2) is 6.75. The number of carbonyl (C=O) groups excluding carboxylic acids is 1. The fourth-order valence-corrected chi connectivity index (χ4v) is 2.97. The van der Waals surface area contributed by atoms with Crippen molar-refractivity contribution >= 4 is 22.9 Å². The predicted octanol–water partition coefficient (Wildman–Crippen LogP) is 4.08. The third-order valence-corrected chi connectivity index (χ3v) is 4.45. The molecule has 0 unspecified atom stereocenters. The van der Waals surface area contributed by atoms with E-state index in [0.717, 1.165) is 0 Å². The van der Waals surface area contributed by atoms with Crippen LogP contribution in [0.1, 0.15) is 20.9 Å². The van der Waals surface area contributed by atoms with E-state index in [4.69, 9.17) is 0 Å². The van der Waals surface area contributed by atoms with E-state index in [2.05, 4.69) is 15.3 Å². The van der Waals surface area contributed by atoms with Crippen LogP contribution in [0.3, 0.4) is 0 Å². The lowest BCUT2D eigenvalue weighted by molar-refractivity contribution is -0.137. The smallest absolute Gasteiger partial charge is 0.328 e. The summed E-state index contributed by atoms with van der Waals surface area (Å²) in [5.41, 5.74) is 1.75. The molecule has 0 saturated carbocycles. The number of rotatable bonds is 3. The van der Waals surface area contributed by atoms with Crippen LogP contribution in [0.5, 0.6) is 0 Å². The van der Waals surface area contributed by atoms with Gasteiger partial charge in [0.25, 0.3) is 5.91 Å². The molecule has 0 aliphatic heterocycles. The number of carbonyl (C=O) groups is 1. The lowest BCUT2D eigenvalue weighted by Crippen LogP contribution is -2.16. The molecule has 26 heavy (non-hydrogen) atoms. The summed E-state index contributed by atoms with van der Waals surface area (Å²) in [6, 6.07) is 7.61. The number of aromatic nitrogens is 2. The highest BCUT2D eigenvalue weighted by Gasteiger charge is 2.34. The number of amides is 1. The number of aromatic amines is 1. The van der Waals surface area contributed by atoms with Gasteiger partial charge < -0.3 is 10.3 Å². The molecule has 1 amide bonds. The zero-order valence-electron chi connectivity index (χ0n) is 13.3. The van der Waals surface area contributed by atoms with Crippen molar-refractivity contribution < 1.29 is 18.0 Å². The molecule has 2 N–H and O–H groups in total. The number of nitrogens with one attached hydrogen (secondary N) is 2. The first kappa shape index (κ1) is 17.9. The molecule has 0 spiro atoms. The second-order valence-electron chi connectivity index (χ2n) is 5.46. The predicted molar refractivity (Wildman–Crippen MR) is 92.3 cm³/mol. The Morgan fingerprint density at radius 3 is 2.50 bits per heavy atom. The van der Waals surface area contributed by atoms with E-state index < -0.39 is 17.1 Å². The number of H-pyrrole nitrogens is 1. The SMILES string of the molecule is Cc1cc(=O)[nH]cc1C(=O)Nc1ccc(-c2csc(C(F)(F)F)n2)cc1. The Morgan fingerprint density at radius 2 is 1.92 bits per heavy atom. The Labute approximate surface area is 149 Å². The number of anilines is 1. The van der Waals surface area contributed by atoms with Crippen LogP contribution in [0, 0.1) is 6.92 Å². The summed E-state index contributed by atoms with van der Waals surface area (Å²) in [5, 5.41) is 3.10. The number of aryl methyl sites for hydroxylation is 1. The van der Waals surface area contributed by atoms with Gasteiger partial charge in [-0.3, -0.25) is 9.59 Å². The highest BCUT2D eigenvalue weighted by molar-refractivity contribution is 7.10. The van der Waals surface area contributed by atoms with Crippen molar-refractivity contribution in [1.29, 1.82) is 0 Å². The van der Waals surface area contributed by atoms with E-state index in [9.17, 15) is 22.8 Å². The molecule has 0 radical (unpaired) electrons. The van der Waals surface area contributed by atoms with Crippen molar-refractivity contribution in [1.82, 2.24) is 9.97 Å². The molecule has 5 nitrogen and oxygen atoms in total. The van der Waals surface area contributed by atoms with Crippen LogP contribution in [-0.2, 0) is 6.18 Å². The van der Waals surface area contributed by atoms with E-state index >= 15 is 0 Å². The molecule has 0 saturated heterocycles. The fraction of sp³-hybridized carbons (Fsp3) is 0.118. The van der Waals surface area contributed by atoms with Gasteiger partial charge in [-0.25, -0.2) is 4.98 Å². The molecule has 0 bridgehead atoms. The van der Waals surface area contributed by atoms with Gasteiger partial charge in [0.05, 0.1) is 11.3 Å². The minimum Gasteiger partial charge on any atom is -0.328 e. The molecule has 2 heterocycles. The minimum atomic E-state index is -4.47. The molecule has 1 aromatic carbocycles. The molecule has 2 aromatic heterocycles. The van der Waals surface area contributed by atoms with Gasteiger partial charge in [0, 0.05) is 28.9 Å². The maximum absolute atomic E-state index is 12.6. The molecule has 3 rings (SSSR count). The maximum atomic E-state index is 12.6. The Hall–Kier alpha value is -2.94. The van der Waals surface area contributed by atoms with Crippen LogP contribution in [0.15, 0.2) is 46.7 Å². The largest absolute Gasteiger partial charge is 0.443 e. The van der Waals surface area contributed by atoms with Gasteiger partial charge in [0.1, 0.15) is 0 Å². The summed E-state index contributed by atoms with van der Waals surface area (Å²) in [7, 11) is 0. The van der Waals surface area contributed by atoms with Crippen LogP contribution >= 0.6 is 11.3 Å². The summed E-state index contributed by atoms with van der Waals surface area (Å²) in [6.45, 7) is 1.65. The van der Waals surface area contributed by atoms with Gasteiger partial charge in [-0.2, -0.15) is 13.2 Å². The maximum Gasteiger partial charge on any atom is 0.443 e. The van der Waals surface area contributed by atoms with Crippen LogP contribution in [0.25, 0.3) is 11.3 Å². The fourth-order valence-electron chi connectivity index (χ4n) is 2.28. The molecule has 9 heteroatoms. The minimum absolute atomic E-state index is 0.219. The Balaban J connectivity index is 1.76. The van der Waals surface area contributed by atoms with Crippen LogP contribution < -0.4 is 10.9 Å². The van der Waals surface area contributed by atoms with Crippen LogP contribution in [0.4, 0.5) is 18.9 Å². The van der Waals surface area contributed by atoms with E-state index in [1.54, 1.807) is 31.2 Å². The standard InChI is InChI=1S/C17H12F3N3O2S/c1-9-6-14(24)21-7-12(9)15(25)22-11-4-2-10(3-5-11)13-8-26-16(23-13)17(18,19)20/h2-8H,1H3,(H,21,24)(H,22,25). The van der Waals surface area contributed by atoms with E-state index in [-0.39, 0.29) is 11.3 Å². The van der Waals surface area contributed by atoms with Crippen LogP contribution in [0.2, 0.25) is 0 Å². The van der Waals surface area contributed by atoms with Gasteiger partial charge in [-0.15, -0.1) is 11.3 Å². The van der Waals surface area contributed by atoms with E-state index in [1.807, 2.05) is 0 Å². The average molecular weight is 379 g/mol. The molecule has 3 aromatic rings. The lowest BCUT2D eigenvalue weighted by Gasteiger charge is -2.08. The van der Waals surface area contributed by atoms with Crippen molar-refractivity contribution in [3.05, 3.63) is 68.4 Å². The van der Waals surface area contributed by atoms with Gasteiger partial charge in [-0.1, -0.05) is 12.1 Å². The highest BCUT2D eigenvalue weighted by Crippen LogP contribution is 2.34. The number of benzene rings is 1. The number of pyridine rings is 1. The number of nitrogens with zero attached hydrogens (tertiary/aromatic N) is 1.